The number of unbranched alkanes of at least 4 members (excludes halogenated alkanes) is 10. The topological polar surface area (TPSA) is 40.5 Å². The van der Waals surface area contributed by atoms with E-state index in [1.807, 2.05) is 0 Å². The van der Waals surface area contributed by atoms with Gasteiger partial charge in [-0.25, -0.2) is 0 Å². The van der Waals surface area contributed by atoms with Crippen molar-refractivity contribution in [2.24, 2.45) is 0 Å². The summed E-state index contributed by atoms with van der Waals surface area (Å²) in [5.41, 5.74) is 0. The molecule has 0 aliphatic carbocycles. The van der Waals surface area contributed by atoms with Crippen molar-refractivity contribution in [3.05, 3.63) is 0 Å². The van der Waals surface area contributed by atoms with Crippen LogP contribution in [0.1, 0.15) is 77.6 Å². The van der Waals surface area contributed by atoms with Crippen LogP contribution in [0.3, 0.4) is 0 Å². The van der Waals surface area contributed by atoms with E-state index in [0.717, 1.165) is 12.8 Å². The van der Waals surface area contributed by atoms with Crippen molar-refractivity contribution in [3.63, 3.8) is 0 Å². The van der Waals surface area contributed by atoms with E-state index < -0.39 is 6.29 Å². The van der Waals surface area contributed by atoms with Gasteiger partial charge in [-0.3, -0.25) is 0 Å². The summed E-state index contributed by atoms with van der Waals surface area (Å²) < 4.78 is 0. The standard InChI is InChI=1S/C15H28O2/c1-2-3-4-5-6-7-8-9-10-11-12-13-14-15(16)17/h15-17H,2-12H2,1H3. The monoisotopic (exact) mass is 240 g/mol. The van der Waals surface area contributed by atoms with Crippen LogP contribution in [0.5, 0.6) is 0 Å². The van der Waals surface area contributed by atoms with Gasteiger partial charge in [0, 0.05) is 6.42 Å². The largest absolute Gasteiger partial charge is 0.358 e. The molecule has 0 bridgehead atoms. The maximum Gasteiger partial charge on any atom is 0.217 e. The van der Waals surface area contributed by atoms with Gasteiger partial charge in [-0.1, -0.05) is 70.6 Å². The Bertz CT molecular complexity index is 201. The molecule has 2 heteroatoms. The van der Waals surface area contributed by atoms with Crippen molar-refractivity contribution in [1.82, 2.24) is 0 Å². The Morgan fingerprint density at radius 1 is 0.765 bits per heavy atom. The van der Waals surface area contributed by atoms with Gasteiger partial charge in [0.1, 0.15) is 0 Å². The molecule has 0 aliphatic heterocycles. The molecule has 2 N–H and O–H groups in total. The van der Waals surface area contributed by atoms with Gasteiger partial charge in [0.05, 0.1) is 0 Å². The van der Waals surface area contributed by atoms with Crippen molar-refractivity contribution in [2.45, 2.75) is 83.8 Å². The van der Waals surface area contributed by atoms with E-state index in [1.54, 1.807) is 0 Å². The predicted molar refractivity (Wildman–Crippen MR) is 72.5 cm³/mol. The first-order valence-corrected chi connectivity index (χ1v) is 7.12. The second kappa shape index (κ2) is 13.5. The van der Waals surface area contributed by atoms with Crippen LogP contribution < -0.4 is 0 Å². The fraction of sp³-hybridized carbons (Fsp3) is 0.867. The van der Waals surface area contributed by atoms with E-state index >= 15 is 0 Å². The third-order valence-corrected chi connectivity index (χ3v) is 2.89. The number of hydrogen-bond acceptors (Lipinski definition) is 2. The molecule has 0 radical (unpaired) electrons. The highest BCUT2D eigenvalue weighted by Gasteiger charge is 1.92. The summed E-state index contributed by atoms with van der Waals surface area (Å²) in [5.74, 6) is 5.10. The smallest absolute Gasteiger partial charge is 0.217 e. The second-order valence-electron chi connectivity index (χ2n) is 4.63. The Morgan fingerprint density at radius 3 is 1.71 bits per heavy atom. The predicted octanol–water partition coefficient (Wildman–Crippen LogP) is 3.61. The summed E-state index contributed by atoms with van der Waals surface area (Å²) in [6.45, 7) is 2.25. The molecule has 0 atom stereocenters. The molecule has 0 aromatic carbocycles. The minimum Gasteiger partial charge on any atom is -0.358 e. The highest BCUT2D eigenvalue weighted by atomic mass is 16.5. The molecule has 2 nitrogen and oxygen atoms in total. The molecule has 0 saturated carbocycles. The molecule has 0 aliphatic rings. The molecule has 0 amide bonds. The van der Waals surface area contributed by atoms with Crippen molar-refractivity contribution < 1.29 is 10.2 Å². The lowest BCUT2D eigenvalue weighted by Gasteiger charge is -2.00. The molecule has 0 aromatic heterocycles. The van der Waals surface area contributed by atoms with Gasteiger partial charge < -0.3 is 10.2 Å². The van der Waals surface area contributed by atoms with Gasteiger partial charge in [-0.2, -0.15) is 0 Å². The van der Waals surface area contributed by atoms with Gasteiger partial charge in [0.15, 0.2) is 0 Å². The molecular weight excluding hydrogens is 212 g/mol. The van der Waals surface area contributed by atoms with E-state index in [0.29, 0.717) is 0 Å². The Hall–Kier alpha value is -0.520. The summed E-state index contributed by atoms with van der Waals surface area (Å²) in [6, 6.07) is 0. The molecule has 0 fully saturated rings. The molecule has 0 rings (SSSR count). The van der Waals surface area contributed by atoms with Gasteiger partial charge in [0.25, 0.3) is 0 Å². The average molecular weight is 240 g/mol. The molecule has 0 unspecified atom stereocenters. The van der Waals surface area contributed by atoms with E-state index in [-0.39, 0.29) is 0 Å². The molecule has 17 heavy (non-hydrogen) atoms. The van der Waals surface area contributed by atoms with Crippen LogP contribution in [-0.4, -0.2) is 16.5 Å². The normalized spacial score (nSPS) is 10.4. The number of hydrogen-bond donors (Lipinski definition) is 2. The second-order valence-corrected chi connectivity index (χ2v) is 4.63. The minimum atomic E-state index is -1.46. The number of aliphatic hydroxyl groups is 2. The summed E-state index contributed by atoms with van der Waals surface area (Å²) in [7, 11) is 0. The van der Waals surface area contributed by atoms with Crippen LogP contribution in [0.25, 0.3) is 0 Å². The maximum atomic E-state index is 8.50. The van der Waals surface area contributed by atoms with Gasteiger partial charge in [0.2, 0.25) is 6.29 Å². The zero-order valence-electron chi connectivity index (χ0n) is 11.2. The summed E-state index contributed by atoms with van der Waals surface area (Å²) in [5, 5.41) is 17.0. The molecule has 0 spiro atoms. The summed E-state index contributed by atoms with van der Waals surface area (Å²) >= 11 is 0. The van der Waals surface area contributed by atoms with Crippen LogP contribution in [0.15, 0.2) is 0 Å². The van der Waals surface area contributed by atoms with Crippen LogP contribution >= 0.6 is 0 Å². The van der Waals surface area contributed by atoms with Crippen LogP contribution in [0.2, 0.25) is 0 Å². The maximum absolute atomic E-state index is 8.50. The van der Waals surface area contributed by atoms with Crippen molar-refractivity contribution >= 4 is 0 Å². The highest BCUT2D eigenvalue weighted by Crippen LogP contribution is 2.10. The zero-order valence-corrected chi connectivity index (χ0v) is 11.2. The van der Waals surface area contributed by atoms with Gasteiger partial charge in [-0.05, 0) is 12.3 Å². The first-order chi connectivity index (χ1) is 8.27. The van der Waals surface area contributed by atoms with Crippen LogP contribution in [0, 0.1) is 11.8 Å². The van der Waals surface area contributed by atoms with Crippen molar-refractivity contribution in [2.75, 3.05) is 0 Å². The third-order valence-electron chi connectivity index (χ3n) is 2.89. The first kappa shape index (κ1) is 16.5. The summed E-state index contributed by atoms with van der Waals surface area (Å²) in [4.78, 5) is 0. The minimum absolute atomic E-state index is 0.786. The summed E-state index contributed by atoms with van der Waals surface area (Å²) in [6.07, 6.45) is 12.5. The lowest BCUT2D eigenvalue weighted by Crippen LogP contribution is -1.97. The van der Waals surface area contributed by atoms with E-state index in [4.69, 9.17) is 10.2 Å². The fourth-order valence-electron chi connectivity index (χ4n) is 1.86. The first-order valence-electron chi connectivity index (χ1n) is 7.12. The quantitative estimate of drug-likeness (QED) is 0.348. The van der Waals surface area contributed by atoms with Crippen molar-refractivity contribution in [3.8, 4) is 11.8 Å². The molecule has 100 valence electrons. The van der Waals surface area contributed by atoms with E-state index in [9.17, 15) is 0 Å². The number of aliphatic hydroxyl groups excluding tert-OH is 1. The average Bonchev–Trinajstić information content (AvgIpc) is 2.30. The SMILES string of the molecule is CCCCCCCCCCCCC#CC(O)O. The fourth-order valence-corrected chi connectivity index (χ4v) is 1.86. The van der Waals surface area contributed by atoms with Crippen LogP contribution in [-0.2, 0) is 0 Å². The van der Waals surface area contributed by atoms with Crippen molar-refractivity contribution in [1.29, 1.82) is 0 Å². The lowest BCUT2D eigenvalue weighted by molar-refractivity contribution is 0.0107. The van der Waals surface area contributed by atoms with Gasteiger partial charge >= 0.3 is 0 Å². The van der Waals surface area contributed by atoms with E-state index in [2.05, 4.69) is 18.8 Å². The highest BCUT2D eigenvalue weighted by molar-refractivity contribution is 5.00. The zero-order chi connectivity index (χ0) is 12.8. The molecule has 0 heterocycles. The molecule has 0 saturated heterocycles. The third kappa shape index (κ3) is 15.5. The molecular formula is C15H28O2. The van der Waals surface area contributed by atoms with E-state index in [1.165, 1.54) is 57.8 Å². The Labute approximate surface area is 106 Å². The lowest BCUT2D eigenvalue weighted by atomic mass is 10.1. The Kier molecular flexibility index (Phi) is 13.1. The Balaban J connectivity index is 3.02. The van der Waals surface area contributed by atoms with Gasteiger partial charge in [-0.15, -0.1) is 0 Å². The Morgan fingerprint density at radius 2 is 1.24 bits per heavy atom. The number of rotatable bonds is 10. The molecule has 0 aromatic rings. The van der Waals surface area contributed by atoms with Crippen LogP contribution in [0.4, 0.5) is 0 Å².